The van der Waals surface area contributed by atoms with Crippen molar-refractivity contribution in [2.75, 3.05) is 12.4 Å². The number of aldehydes is 1. The van der Waals surface area contributed by atoms with E-state index in [9.17, 15) is 4.79 Å². The molecular weight excluding hydrogens is 350 g/mol. The molecule has 0 aliphatic carbocycles. The second kappa shape index (κ2) is 7.64. The lowest BCUT2D eigenvalue weighted by Crippen LogP contribution is -2.38. The van der Waals surface area contributed by atoms with Gasteiger partial charge in [-0.25, -0.2) is 4.99 Å². The highest BCUT2D eigenvalue weighted by Crippen LogP contribution is 2.32. The molecule has 2 unspecified atom stereocenters. The number of ether oxygens (including phenoxy) is 1. The van der Waals surface area contributed by atoms with Crippen molar-refractivity contribution in [3.05, 3.63) is 77.7 Å². The van der Waals surface area contributed by atoms with Crippen LogP contribution in [0.3, 0.4) is 0 Å². The first-order valence-electron chi connectivity index (χ1n) is 9.16. The first-order valence-corrected chi connectivity index (χ1v) is 9.16. The second-order valence-electron chi connectivity index (χ2n) is 6.72. The van der Waals surface area contributed by atoms with Gasteiger partial charge in [-0.1, -0.05) is 48.5 Å². The molecule has 0 fully saturated rings. The summed E-state index contributed by atoms with van der Waals surface area (Å²) < 4.78 is 5.49. The number of amidine groups is 1. The number of methoxy groups -OCH3 is 1. The fourth-order valence-electron chi connectivity index (χ4n) is 3.67. The summed E-state index contributed by atoms with van der Waals surface area (Å²) in [5.41, 5.74) is 4.92. The van der Waals surface area contributed by atoms with Crippen molar-refractivity contribution in [2.24, 2.45) is 15.9 Å². The average Bonchev–Trinajstić information content (AvgIpc) is 2.75. The van der Waals surface area contributed by atoms with Crippen molar-refractivity contribution in [2.45, 2.75) is 13.0 Å². The van der Waals surface area contributed by atoms with Gasteiger partial charge in [0, 0.05) is 18.1 Å². The molecule has 28 heavy (non-hydrogen) atoms. The second-order valence-corrected chi connectivity index (χ2v) is 6.72. The number of fused-ring (bicyclic) bond motifs is 1. The van der Waals surface area contributed by atoms with Gasteiger partial charge in [-0.05, 0) is 29.7 Å². The average molecular weight is 371 g/mol. The normalized spacial score (nSPS) is 20.4. The van der Waals surface area contributed by atoms with Gasteiger partial charge in [-0.2, -0.15) is 0 Å². The molecule has 2 heterocycles. The zero-order chi connectivity index (χ0) is 19.5. The minimum Gasteiger partial charge on any atom is -0.500 e. The smallest absolute Gasteiger partial charge is 0.154 e. The van der Waals surface area contributed by atoms with Crippen molar-refractivity contribution >= 4 is 24.0 Å². The van der Waals surface area contributed by atoms with Crippen LogP contribution in [0.15, 0.2) is 82.1 Å². The van der Waals surface area contributed by atoms with E-state index in [0.29, 0.717) is 11.3 Å². The number of hydrogen-bond donors (Lipinski definition) is 1. The number of carbonyl (C=O) groups excluding carboxylic acids is 1. The Bertz CT molecular complexity index is 1020. The van der Waals surface area contributed by atoms with Crippen molar-refractivity contribution < 1.29 is 9.53 Å². The largest absolute Gasteiger partial charge is 0.500 e. The number of nitrogens with one attached hydrogen (secondary N) is 1. The fraction of sp³-hybridized carbons (Fsp3) is 0.174. The fourth-order valence-corrected chi connectivity index (χ4v) is 3.67. The third-order valence-electron chi connectivity index (χ3n) is 5.12. The van der Waals surface area contributed by atoms with Gasteiger partial charge in [-0.3, -0.25) is 9.79 Å². The van der Waals surface area contributed by atoms with E-state index in [1.54, 1.807) is 19.5 Å². The van der Waals surface area contributed by atoms with Crippen LogP contribution in [-0.4, -0.2) is 31.5 Å². The number of allylic oxidation sites excluding steroid dienone is 1. The Kier molecular flexibility index (Phi) is 4.89. The molecule has 0 saturated heterocycles. The summed E-state index contributed by atoms with van der Waals surface area (Å²) in [5.74, 6) is 1.21. The number of benzene rings is 2. The summed E-state index contributed by atoms with van der Waals surface area (Å²) in [5, 5.41) is 3.45. The van der Waals surface area contributed by atoms with Gasteiger partial charge in [-0.15, -0.1) is 0 Å². The van der Waals surface area contributed by atoms with Crippen LogP contribution in [0, 0.1) is 12.8 Å². The van der Waals surface area contributed by atoms with Crippen LogP contribution in [0.1, 0.15) is 5.56 Å². The first kappa shape index (κ1) is 17.9. The molecule has 140 valence electrons. The molecule has 5 nitrogen and oxygen atoms in total. The SMILES string of the molecule is COC1=C(C=O)C=NC2C(Nc3cccc(-c4ccccc4)c3C)=NC=CC12. The highest BCUT2D eigenvalue weighted by molar-refractivity contribution is 6.08. The molecule has 2 aliphatic heterocycles. The van der Waals surface area contributed by atoms with Crippen molar-refractivity contribution in [1.29, 1.82) is 0 Å². The lowest BCUT2D eigenvalue weighted by atomic mass is 9.90. The number of nitrogens with zero attached hydrogens (tertiary/aromatic N) is 2. The van der Waals surface area contributed by atoms with Crippen LogP contribution in [0.4, 0.5) is 5.69 Å². The lowest BCUT2D eigenvalue weighted by Gasteiger charge is -2.30. The summed E-state index contributed by atoms with van der Waals surface area (Å²) >= 11 is 0. The van der Waals surface area contributed by atoms with Crippen LogP contribution in [0.2, 0.25) is 0 Å². The summed E-state index contributed by atoms with van der Waals surface area (Å²) in [4.78, 5) is 20.4. The van der Waals surface area contributed by atoms with Crippen LogP contribution in [-0.2, 0) is 9.53 Å². The van der Waals surface area contributed by atoms with Gasteiger partial charge in [0.2, 0.25) is 0 Å². The van der Waals surface area contributed by atoms with Crippen LogP contribution in [0.5, 0.6) is 0 Å². The molecule has 0 bridgehead atoms. The molecule has 2 aromatic carbocycles. The summed E-state index contributed by atoms with van der Waals surface area (Å²) in [7, 11) is 1.58. The van der Waals surface area contributed by atoms with E-state index in [0.717, 1.165) is 23.4 Å². The Labute approximate surface area is 164 Å². The Hall–Kier alpha value is -3.47. The molecule has 0 saturated carbocycles. The van der Waals surface area contributed by atoms with Gasteiger partial charge in [0.25, 0.3) is 0 Å². The molecule has 0 amide bonds. The maximum absolute atomic E-state index is 11.3. The Balaban J connectivity index is 1.65. The van der Waals surface area contributed by atoms with Crippen LogP contribution in [0.25, 0.3) is 11.1 Å². The molecule has 0 spiro atoms. The van der Waals surface area contributed by atoms with Crippen molar-refractivity contribution in [3.63, 3.8) is 0 Å². The maximum atomic E-state index is 11.3. The Morgan fingerprint density at radius 1 is 1.11 bits per heavy atom. The molecule has 0 aromatic heterocycles. The molecule has 2 aromatic rings. The van der Waals surface area contributed by atoms with Gasteiger partial charge >= 0.3 is 0 Å². The molecule has 2 aliphatic rings. The van der Waals surface area contributed by atoms with Gasteiger partial charge < -0.3 is 10.1 Å². The van der Waals surface area contributed by atoms with Crippen molar-refractivity contribution in [1.82, 2.24) is 0 Å². The van der Waals surface area contributed by atoms with Gasteiger partial charge in [0.05, 0.1) is 18.6 Å². The topological polar surface area (TPSA) is 63.0 Å². The molecule has 4 rings (SSSR count). The molecule has 1 N–H and O–H groups in total. The van der Waals surface area contributed by atoms with E-state index >= 15 is 0 Å². The Morgan fingerprint density at radius 2 is 1.93 bits per heavy atom. The minimum absolute atomic E-state index is 0.146. The van der Waals surface area contributed by atoms with Gasteiger partial charge in [0.15, 0.2) is 6.29 Å². The van der Waals surface area contributed by atoms with E-state index in [1.807, 2.05) is 36.4 Å². The third-order valence-corrected chi connectivity index (χ3v) is 5.12. The molecular formula is C23H21N3O2. The van der Waals surface area contributed by atoms with Gasteiger partial charge in [0.1, 0.15) is 17.6 Å². The number of dihydropyridines is 1. The zero-order valence-corrected chi connectivity index (χ0v) is 15.8. The highest BCUT2D eigenvalue weighted by Gasteiger charge is 2.34. The summed E-state index contributed by atoms with van der Waals surface area (Å²) in [6.07, 6.45) is 6.00. The van der Waals surface area contributed by atoms with E-state index < -0.39 is 0 Å². The van der Waals surface area contributed by atoms with E-state index in [4.69, 9.17) is 4.74 Å². The number of rotatable bonds is 4. The lowest BCUT2D eigenvalue weighted by molar-refractivity contribution is -0.104. The third kappa shape index (κ3) is 3.16. The number of anilines is 1. The Morgan fingerprint density at radius 3 is 2.68 bits per heavy atom. The van der Waals surface area contributed by atoms with Crippen LogP contribution >= 0.6 is 0 Å². The van der Waals surface area contributed by atoms with E-state index in [-0.39, 0.29) is 12.0 Å². The number of hydrogen-bond acceptors (Lipinski definition) is 5. The minimum atomic E-state index is -0.247. The monoisotopic (exact) mass is 371 g/mol. The summed E-state index contributed by atoms with van der Waals surface area (Å²) in [6, 6.07) is 16.2. The molecule has 2 atom stereocenters. The highest BCUT2D eigenvalue weighted by atomic mass is 16.5. The van der Waals surface area contributed by atoms with E-state index in [1.165, 1.54) is 11.1 Å². The maximum Gasteiger partial charge on any atom is 0.154 e. The zero-order valence-electron chi connectivity index (χ0n) is 15.8. The number of aliphatic imine (C=N–C) groups is 2. The van der Waals surface area contributed by atoms with Crippen LogP contribution < -0.4 is 5.32 Å². The predicted molar refractivity (Wildman–Crippen MR) is 113 cm³/mol. The van der Waals surface area contributed by atoms with E-state index in [2.05, 4.69) is 40.4 Å². The summed E-state index contributed by atoms with van der Waals surface area (Å²) in [6.45, 7) is 2.09. The van der Waals surface area contributed by atoms with Crippen molar-refractivity contribution in [3.8, 4) is 11.1 Å². The predicted octanol–water partition coefficient (Wildman–Crippen LogP) is 4.17. The molecule has 0 radical (unpaired) electrons. The quantitative estimate of drug-likeness (QED) is 0.821. The standard InChI is InChI=1S/C23H21N3O2/c1-15-18(16-7-4-3-5-8-16)9-6-10-20(15)26-23-21-19(11-12-24-23)22(28-2)17(14-27)13-25-21/h3-14,19,21H,1-2H3,(H,24,26). The first-order chi connectivity index (χ1) is 13.7. The number of carbonyl (C=O) groups is 1. The molecule has 5 heteroatoms.